The van der Waals surface area contributed by atoms with E-state index >= 15 is 0 Å². The smallest absolute Gasteiger partial charge is 0.272 e. The van der Waals surface area contributed by atoms with Crippen LogP contribution in [0.3, 0.4) is 0 Å². The molecule has 0 N–H and O–H groups in total. The summed E-state index contributed by atoms with van der Waals surface area (Å²) in [5, 5.41) is 2.56. The largest absolute Gasteiger partial charge is 0.327 e. The quantitative estimate of drug-likeness (QED) is 0.778. The van der Waals surface area contributed by atoms with Gasteiger partial charge in [0, 0.05) is 29.7 Å². The van der Waals surface area contributed by atoms with E-state index in [-0.39, 0.29) is 5.91 Å². The second kappa shape index (κ2) is 5.80. The summed E-state index contributed by atoms with van der Waals surface area (Å²) in [4.78, 5) is 16.3. The number of nitrogens with zero attached hydrogens (tertiary/aromatic N) is 2. The molecule has 3 nitrogen and oxygen atoms in total. The third-order valence-corrected chi connectivity index (χ3v) is 3.35. The Morgan fingerprint density at radius 3 is 2.72 bits per heavy atom. The van der Waals surface area contributed by atoms with Crippen LogP contribution in [0, 0.1) is 0 Å². The highest BCUT2D eigenvalue weighted by Crippen LogP contribution is 2.10. The van der Waals surface area contributed by atoms with Gasteiger partial charge in [0.25, 0.3) is 5.91 Å². The Labute approximate surface area is 114 Å². The number of halogens is 1. The molecule has 0 aliphatic rings. The highest BCUT2D eigenvalue weighted by molar-refractivity contribution is 7.07. The fraction of sp³-hybridized carbons (Fsp3) is 0.0769. The van der Waals surface area contributed by atoms with Crippen molar-refractivity contribution < 1.29 is 4.79 Å². The molecule has 1 aromatic carbocycles. The predicted octanol–water partition coefficient (Wildman–Crippen LogP) is 2.88. The molecule has 0 unspecified atom stereocenters. The van der Waals surface area contributed by atoms with Crippen molar-refractivity contribution in [1.82, 2.24) is 4.57 Å². The Morgan fingerprint density at radius 2 is 2.11 bits per heavy atom. The number of amides is 1. The van der Waals surface area contributed by atoms with Gasteiger partial charge in [0.1, 0.15) is 0 Å². The minimum absolute atomic E-state index is 0.275. The number of aromatic nitrogens is 1. The molecule has 0 saturated heterocycles. The second-order valence-electron chi connectivity index (χ2n) is 3.63. The van der Waals surface area contributed by atoms with Gasteiger partial charge in [-0.15, -0.1) is 11.3 Å². The normalized spacial score (nSPS) is 12.2. The maximum atomic E-state index is 11.6. The van der Waals surface area contributed by atoms with Crippen LogP contribution in [0.5, 0.6) is 0 Å². The zero-order valence-corrected chi connectivity index (χ0v) is 11.3. The van der Waals surface area contributed by atoms with Gasteiger partial charge in [0.05, 0.1) is 0 Å². The average Bonchev–Trinajstić information content (AvgIpc) is 2.74. The zero-order chi connectivity index (χ0) is 13.0. The number of thiazole rings is 1. The van der Waals surface area contributed by atoms with E-state index in [1.54, 1.807) is 22.8 Å². The monoisotopic (exact) mass is 278 g/mol. The molecule has 0 atom stereocenters. The van der Waals surface area contributed by atoms with Crippen LogP contribution in [0.25, 0.3) is 6.08 Å². The molecule has 0 aliphatic carbocycles. The number of hydrogen-bond donors (Lipinski definition) is 0. The molecule has 0 saturated carbocycles. The first-order valence-electron chi connectivity index (χ1n) is 5.27. The lowest BCUT2D eigenvalue weighted by molar-refractivity contribution is -0.113. The van der Waals surface area contributed by atoms with Gasteiger partial charge < -0.3 is 4.57 Å². The van der Waals surface area contributed by atoms with Crippen molar-refractivity contribution in [2.75, 3.05) is 0 Å². The molecule has 0 bridgehead atoms. The lowest BCUT2D eigenvalue weighted by atomic mass is 10.2. The van der Waals surface area contributed by atoms with Gasteiger partial charge in [-0.2, -0.15) is 4.99 Å². The average molecular weight is 279 g/mol. The number of carbonyl (C=O) groups is 1. The Kier molecular flexibility index (Phi) is 4.12. The molecular formula is C13H11ClN2OS. The summed E-state index contributed by atoms with van der Waals surface area (Å²) >= 11 is 7.20. The van der Waals surface area contributed by atoms with E-state index in [4.69, 9.17) is 11.6 Å². The fourth-order valence-corrected chi connectivity index (χ4v) is 2.17. The van der Waals surface area contributed by atoms with Gasteiger partial charge in [0.15, 0.2) is 4.80 Å². The molecule has 92 valence electrons. The van der Waals surface area contributed by atoms with Crippen molar-refractivity contribution in [3.05, 3.63) is 57.3 Å². The molecule has 0 radical (unpaired) electrons. The molecule has 5 heteroatoms. The number of rotatable bonds is 2. The summed E-state index contributed by atoms with van der Waals surface area (Å²) in [6.07, 6.45) is 5.03. The molecular weight excluding hydrogens is 268 g/mol. The molecule has 0 spiro atoms. The van der Waals surface area contributed by atoms with Crippen LogP contribution >= 0.6 is 22.9 Å². The van der Waals surface area contributed by atoms with Gasteiger partial charge in [-0.1, -0.05) is 23.7 Å². The topological polar surface area (TPSA) is 34.4 Å². The van der Waals surface area contributed by atoms with E-state index in [9.17, 15) is 4.79 Å². The van der Waals surface area contributed by atoms with Crippen LogP contribution in [0.4, 0.5) is 0 Å². The standard InChI is InChI=1S/C13H11ClN2OS/c1-16-8-9-18-13(16)15-12(17)7-4-10-2-5-11(14)6-3-10/h2-9H,1H3/b7-4+,15-13?. The minimum Gasteiger partial charge on any atom is -0.327 e. The number of hydrogen-bond acceptors (Lipinski definition) is 2. The van der Waals surface area contributed by atoms with Crippen molar-refractivity contribution in [2.24, 2.45) is 12.0 Å². The maximum Gasteiger partial charge on any atom is 0.272 e. The summed E-state index contributed by atoms with van der Waals surface area (Å²) < 4.78 is 1.80. The van der Waals surface area contributed by atoms with Crippen molar-refractivity contribution in [2.45, 2.75) is 0 Å². The molecule has 0 fully saturated rings. The third kappa shape index (κ3) is 3.42. The van der Waals surface area contributed by atoms with E-state index in [1.165, 1.54) is 17.4 Å². The lowest BCUT2D eigenvalue weighted by Crippen LogP contribution is -2.11. The van der Waals surface area contributed by atoms with Crippen LogP contribution in [0.2, 0.25) is 5.02 Å². The van der Waals surface area contributed by atoms with Crippen molar-refractivity contribution >= 4 is 34.9 Å². The van der Waals surface area contributed by atoms with Gasteiger partial charge in [0.2, 0.25) is 0 Å². The Bertz CT molecular complexity index is 638. The SMILES string of the molecule is Cn1ccsc1=NC(=O)/C=C/c1ccc(Cl)cc1. The number of carbonyl (C=O) groups excluding carboxylic acids is 1. The molecule has 18 heavy (non-hydrogen) atoms. The predicted molar refractivity (Wildman–Crippen MR) is 74.3 cm³/mol. The molecule has 2 aromatic rings. The molecule has 1 aromatic heterocycles. The van der Waals surface area contributed by atoms with Gasteiger partial charge in [-0.3, -0.25) is 4.79 Å². The van der Waals surface area contributed by atoms with E-state index < -0.39 is 0 Å². The maximum absolute atomic E-state index is 11.6. The van der Waals surface area contributed by atoms with Crippen LogP contribution in [-0.2, 0) is 11.8 Å². The van der Waals surface area contributed by atoms with Crippen LogP contribution in [-0.4, -0.2) is 10.5 Å². The summed E-state index contributed by atoms with van der Waals surface area (Å²) in [6.45, 7) is 0. The van der Waals surface area contributed by atoms with Crippen LogP contribution < -0.4 is 4.80 Å². The van der Waals surface area contributed by atoms with E-state index in [2.05, 4.69) is 4.99 Å². The van der Waals surface area contributed by atoms with E-state index in [0.29, 0.717) is 9.82 Å². The third-order valence-electron chi connectivity index (χ3n) is 2.25. The minimum atomic E-state index is -0.275. The van der Waals surface area contributed by atoms with Gasteiger partial charge in [-0.25, -0.2) is 0 Å². The fourth-order valence-electron chi connectivity index (χ4n) is 1.31. The summed E-state index contributed by atoms with van der Waals surface area (Å²) in [6, 6.07) is 7.25. The number of aryl methyl sites for hydroxylation is 1. The Balaban J connectivity index is 2.13. The first-order chi connectivity index (χ1) is 8.65. The highest BCUT2D eigenvalue weighted by atomic mass is 35.5. The van der Waals surface area contributed by atoms with Gasteiger partial charge in [-0.05, 0) is 23.8 Å². The van der Waals surface area contributed by atoms with E-state index in [1.807, 2.05) is 30.8 Å². The molecule has 2 rings (SSSR count). The summed E-state index contributed by atoms with van der Waals surface area (Å²) in [5.41, 5.74) is 0.915. The van der Waals surface area contributed by atoms with Crippen molar-refractivity contribution in [3.63, 3.8) is 0 Å². The molecule has 1 heterocycles. The van der Waals surface area contributed by atoms with Crippen molar-refractivity contribution in [1.29, 1.82) is 0 Å². The lowest BCUT2D eigenvalue weighted by Gasteiger charge is -1.92. The van der Waals surface area contributed by atoms with Crippen LogP contribution in [0.15, 0.2) is 46.9 Å². The molecule has 0 aliphatic heterocycles. The van der Waals surface area contributed by atoms with Crippen molar-refractivity contribution in [3.8, 4) is 0 Å². The zero-order valence-electron chi connectivity index (χ0n) is 9.71. The first-order valence-corrected chi connectivity index (χ1v) is 6.53. The second-order valence-corrected chi connectivity index (χ2v) is 4.94. The van der Waals surface area contributed by atoms with Crippen LogP contribution in [0.1, 0.15) is 5.56 Å². The first kappa shape index (κ1) is 12.8. The number of benzene rings is 1. The highest BCUT2D eigenvalue weighted by Gasteiger charge is 1.95. The Hall–Kier alpha value is -1.65. The molecule has 1 amide bonds. The summed E-state index contributed by atoms with van der Waals surface area (Å²) in [5.74, 6) is -0.275. The Morgan fingerprint density at radius 1 is 1.39 bits per heavy atom. The van der Waals surface area contributed by atoms with Gasteiger partial charge >= 0.3 is 0 Å². The summed E-state index contributed by atoms with van der Waals surface area (Å²) in [7, 11) is 1.85. The van der Waals surface area contributed by atoms with E-state index in [0.717, 1.165) is 5.56 Å².